The van der Waals surface area contributed by atoms with Gasteiger partial charge in [0.15, 0.2) is 0 Å². The monoisotopic (exact) mass is 227 g/mol. The van der Waals surface area contributed by atoms with Crippen molar-refractivity contribution in [1.82, 2.24) is 15.5 Å². The predicted octanol–water partition coefficient (Wildman–Crippen LogP) is 2.01. The molecule has 1 aromatic rings. The van der Waals surface area contributed by atoms with Gasteiger partial charge < -0.3 is 14.5 Å². The third-order valence-corrected chi connectivity index (χ3v) is 2.90. The fraction of sp³-hybridized carbons (Fsp3) is 0.818. The van der Waals surface area contributed by atoms with E-state index >= 15 is 0 Å². The van der Waals surface area contributed by atoms with Gasteiger partial charge in [0.2, 0.25) is 11.8 Å². The van der Waals surface area contributed by atoms with Crippen LogP contribution in [0.4, 0.5) is 0 Å². The summed E-state index contributed by atoms with van der Waals surface area (Å²) >= 11 is 0. The number of nitrogens with one attached hydrogen (secondary N) is 1. The molecule has 0 aromatic carbocycles. The third-order valence-electron chi connectivity index (χ3n) is 2.90. The number of methoxy groups -OCH3 is 1. The number of ether oxygens (including phenoxy) is 1. The van der Waals surface area contributed by atoms with E-state index in [0.29, 0.717) is 11.8 Å². The van der Waals surface area contributed by atoms with Crippen molar-refractivity contribution in [1.29, 1.82) is 0 Å². The van der Waals surface area contributed by atoms with Crippen LogP contribution >= 0.6 is 0 Å². The van der Waals surface area contributed by atoms with Crippen LogP contribution in [0.5, 0.6) is 0 Å². The summed E-state index contributed by atoms with van der Waals surface area (Å²) in [5.41, 5.74) is -0.489. The molecule has 0 aliphatic rings. The Bertz CT molecular complexity index is 321. The minimum Gasteiger partial charge on any atom is -0.420 e. The fourth-order valence-corrected chi connectivity index (χ4v) is 1.40. The molecule has 5 nitrogen and oxygen atoms in total. The van der Waals surface area contributed by atoms with Gasteiger partial charge in [0.1, 0.15) is 5.60 Å². The van der Waals surface area contributed by atoms with Crippen molar-refractivity contribution < 1.29 is 9.15 Å². The summed E-state index contributed by atoms with van der Waals surface area (Å²) in [4.78, 5) is 0. The molecule has 0 aliphatic carbocycles. The number of hydrogen-bond donors (Lipinski definition) is 1. The van der Waals surface area contributed by atoms with Crippen molar-refractivity contribution >= 4 is 0 Å². The van der Waals surface area contributed by atoms with Gasteiger partial charge in [-0.15, -0.1) is 10.2 Å². The lowest BCUT2D eigenvalue weighted by Gasteiger charge is -2.21. The normalized spacial score (nSPS) is 17.1. The molecule has 1 N–H and O–H groups in total. The molecule has 5 heteroatoms. The quantitative estimate of drug-likeness (QED) is 0.805. The van der Waals surface area contributed by atoms with Gasteiger partial charge in [-0.1, -0.05) is 13.8 Å². The van der Waals surface area contributed by atoms with Crippen molar-refractivity contribution in [2.24, 2.45) is 0 Å². The zero-order chi connectivity index (χ0) is 12.2. The Balaban J connectivity index is 2.85. The first-order valence-corrected chi connectivity index (χ1v) is 5.69. The van der Waals surface area contributed by atoms with E-state index < -0.39 is 5.60 Å². The van der Waals surface area contributed by atoms with E-state index in [-0.39, 0.29) is 6.04 Å². The lowest BCUT2D eigenvalue weighted by Crippen LogP contribution is -2.23. The van der Waals surface area contributed by atoms with Crippen LogP contribution in [0.25, 0.3) is 0 Å². The van der Waals surface area contributed by atoms with Crippen LogP contribution in [0.2, 0.25) is 0 Å². The van der Waals surface area contributed by atoms with Crippen LogP contribution in [0, 0.1) is 0 Å². The smallest absolute Gasteiger partial charge is 0.248 e. The number of hydrogen-bond acceptors (Lipinski definition) is 5. The van der Waals surface area contributed by atoms with E-state index in [0.717, 1.165) is 13.0 Å². The Hall–Kier alpha value is -0.940. The van der Waals surface area contributed by atoms with Gasteiger partial charge in [0, 0.05) is 7.11 Å². The first-order valence-electron chi connectivity index (χ1n) is 5.69. The van der Waals surface area contributed by atoms with Gasteiger partial charge in [-0.2, -0.15) is 0 Å². The average Bonchev–Trinajstić information content (AvgIpc) is 2.78. The third kappa shape index (κ3) is 2.59. The highest BCUT2D eigenvalue weighted by molar-refractivity contribution is 4.97. The predicted molar refractivity (Wildman–Crippen MR) is 61.0 cm³/mol. The molecule has 2 atom stereocenters. The average molecular weight is 227 g/mol. The summed E-state index contributed by atoms with van der Waals surface area (Å²) in [5.74, 6) is 1.14. The number of rotatable bonds is 6. The Morgan fingerprint density at radius 2 is 2.12 bits per heavy atom. The molecule has 1 rings (SSSR count). The van der Waals surface area contributed by atoms with Crippen LogP contribution in [0.3, 0.4) is 0 Å². The second-order valence-corrected chi connectivity index (χ2v) is 4.01. The molecule has 0 fully saturated rings. The Morgan fingerprint density at radius 1 is 1.44 bits per heavy atom. The molecule has 0 aliphatic heterocycles. The van der Waals surface area contributed by atoms with Crippen molar-refractivity contribution in [3.63, 3.8) is 0 Å². The topological polar surface area (TPSA) is 60.2 Å². The van der Waals surface area contributed by atoms with E-state index in [1.807, 2.05) is 27.7 Å². The van der Waals surface area contributed by atoms with Crippen LogP contribution in [-0.4, -0.2) is 23.9 Å². The molecule has 16 heavy (non-hydrogen) atoms. The van der Waals surface area contributed by atoms with Gasteiger partial charge in [-0.25, -0.2) is 0 Å². The molecule has 92 valence electrons. The van der Waals surface area contributed by atoms with Gasteiger partial charge in [-0.05, 0) is 26.8 Å². The van der Waals surface area contributed by atoms with Crippen molar-refractivity contribution in [2.45, 2.75) is 45.8 Å². The largest absolute Gasteiger partial charge is 0.420 e. The van der Waals surface area contributed by atoms with Crippen LogP contribution < -0.4 is 5.32 Å². The molecule has 0 bridgehead atoms. The number of aromatic nitrogens is 2. The van der Waals surface area contributed by atoms with E-state index in [1.165, 1.54) is 0 Å². The van der Waals surface area contributed by atoms with Crippen molar-refractivity contribution in [2.75, 3.05) is 13.7 Å². The molecule has 0 amide bonds. The zero-order valence-corrected chi connectivity index (χ0v) is 10.7. The first kappa shape index (κ1) is 13.1. The standard InChI is InChI=1S/C11H21N3O2/c1-6-11(4,15-5)10-14-13-9(16-10)8(3)12-7-2/h8,12H,6-7H2,1-5H3. The van der Waals surface area contributed by atoms with E-state index in [4.69, 9.17) is 9.15 Å². The summed E-state index contributed by atoms with van der Waals surface area (Å²) in [5, 5.41) is 11.3. The van der Waals surface area contributed by atoms with E-state index in [2.05, 4.69) is 15.5 Å². The summed E-state index contributed by atoms with van der Waals surface area (Å²) in [6.07, 6.45) is 0.792. The minimum absolute atomic E-state index is 0.0733. The Labute approximate surface area is 96.6 Å². The Kier molecular flexibility index (Phi) is 4.44. The minimum atomic E-state index is -0.489. The number of nitrogens with zero attached hydrogens (tertiary/aromatic N) is 2. The van der Waals surface area contributed by atoms with Gasteiger partial charge in [0.05, 0.1) is 6.04 Å². The maximum absolute atomic E-state index is 5.64. The SMILES string of the molecule is CCNC(C)c1nnc(C(C)(CC)OC)o1. The highest BCUT2D eigenvalue weighted by atomic mass is 16.5. The van der Waals surface area contributed by atoms with E-state index in [1.54, 1.807) is 7.11 Å². The first-order chi connectivity index (χ1) is 7.57. The van der Waals surface area contributed by atoms with Gasteiger partial charge in [-0.3, -0.25) is 0 Å². The second kappa shape index (κ2) is 5.41. The summed E-state index contributed by atoms with van der Waals surface area (Å²) < 4.78 is 11.0. The summed E-state index contributed by atoms with van der Waals surface area (Å²) in [6, 6.07) is 0.0733. The highest BCUT2D eigenvalue weighted by Crippen LogP contribution is 2.27. The molecule has 0 saturated carbocycles. The molecule has 0 saturated heterocycles. The maximum atomic E-state index is 5.64. The highest BCUT2D eigenvalue weighted by Gasteiger charge is 2.31. The second-order valence-electron chi connectivity index (χ2n) is 4.01. The van der Waals surface area contributed by atoms with Crippen molar-refractivity contribution in [3.05, 3.63) is 11.8 Å². The molecule has 0 radical (unpaired) electrons. The molecule has 1 heterocycles. The summed E-state index contributed by atoms with van der Waals surface area (Å²) in [7, 11) is 1.65. The van der Waals surface area contributed by atoms with Crippen LogP contribution in [0.1, 0.15) is 51.9 Å². The molecule has 2 unspecified atom stereocenters. The lowest BCUT2D eigenvalue weighted by atomic mass is 10.0. The molecular weight excluding hydrogens is 206 g/mol. The van der Waals surface area contributed by atoms with Gasteiger partial charge in [0.25, 0.3) is 0 Å². The van der Waals surface area contributed by atoms with Crippen LogP contribution in [0.15, 0.2) is 4.42 Å². The Morgan fingerprint density at radius 3 is 2.62 bits per heavy atom. The van der Waals surface area contributed by atoms with Crippen molar-refractivity contribution in [3.8, 4) is 0 Å². The van der Waals surface area contributed by atoms with E-state index in [9.17, 15) is 0 Å². The lowest BCUT2D eigenvalue weighted by molar-refractivity contribution is -0.0245. The molecular formula is C11H21N3O2. The maximum Gasteiger partial charge on any atom is 0.248 e. The summed E-state index contributed by atoms with van der Waals surface area (Å²) in [6.45, 7) is 8.88. The van der Waals surface area contributed by atoms with Crippen LogP contribution in [-0.2, 0) is 10.3 Å². The fourth-order valence-electron chi connectivity index (χ4n) is 1.40. The molecule has 1 aromatic heterocycles. The zero-order valence-electron chi connectivity index (χ0n) is 10.7. The van der Waals surface area contributed by atoms with Gasteiger partial charge >= 0.3 is 0 Å². The molecule has 0 spiro atoms.